The number of nitrogens with zero attached hydrogens (tertiary/aromatic N) is 3. The summed E-state index contributed by atoms with van der Waals surface area (Å²) < 4.78 is 0. The van der Waals surface area contributed by atoms with Gasteiger partial charge in [-0.25, -0.2) is 0 Å². The molecular weight excluding hydrogens is 1780 g/mol. The maximum atomic E-state index is 12.6. The Morgan fingerprint density at radius 3 is 0.752 bits per heavy atom. The molecule has 7 aliphatic carbocycles. The predicted molar refractivity (Wildman–Crippen MR) is 604 cm³/mol. The molecule has 3 fully saturated rings. The summed E-state index contributed by atoms with van der Waals surface area (Å²) in [6.07, 6.45) is 30.2. The highest BCUT2D eigenvalue weighted by Crippen LogP contribution is 2.41. The molecule has 0 bridgehead atoms. The summed E-state index contributed by atoms with van der Waals surface area (Å²) in [4.78, 5) is 92.5. The minimum atomic E-state index is -0.0142. The van der Waals surface area contributed by atoms with E-state index in [1.54, 1.807) is 0 Å². The Labute approximate surface area is 868 Å². The number of likely N-dealkylation sites (tertiary alicyclic amines) is 3. The average Bonchev–Trinajstić information content (AvgIpc) is 1.70. The van der Waals surface area contributed by atoms with E-state index in [9.17, 15) is 33.6 Å². The van der Waals surface area contributed by atoms with Crippen molar-refractivity contribution in [2.45, 2.75) is 319 Å². The fourth-order valence-corrected chi connectivity index (χ4v) is 19.7. The van der Waals surface area contributed by atoms with Crippen LogP contribution in [0.1, 0.15) is 346 Å². The summed E-state index contributed by atoms with van der Waals surface area (Å²) in [5.74, 6) is 0.906. The number of fused-ring (bicyclic) bond motifs is 7. The van der Waals surface area contributed by atoms with Crippen LogP contribution in [0.3, 0.4) is 0 Å². The highest BCUT2D eigenvalue weighted by molar-refractivity contribution is 6.09. The molecule has 0 aromatic heterocycles. The lowest BCUT2D eigenvalue weighted by Gasteiger charge is -2.27. The molecule has 9 aromatic carbocycles. The summed E-state index contributed by atoms with van der Waals surface area (Å²) in [5, 5.41) is 11.9. The monoisotopic (exact) mass is 1950 g/mol. The molecule has 14 nitrogen and oxygen atoms in total. The van der Waals surface area contributed by atoms with E-state index in [-0.39, 0.29) is 85.3 Å². The summed E-state index contributed by atoms with van der Waals surface area (Å²) >= 11 is 0. The van der Waals surface area contributed by atoms with Crippen molar-refractivity contribution in [3.8, 4) is 0 Å². The molecule has 3 saturated heterocycles. The van der Waals surface area contributed by atoms with Crippen LogP contribution >= 0.6 is 0 Å². The number of carbonyl (C=O) groups is 7. The molecule has 4 N–H and O–H groups in total. The lowest BCUT2D eigenvalue weighted by molar-refractivity contribution is -0.128. The largest absolute Gasteiger partial charge is 0.352 e. The number of hydrogen-bond acceptors (Lipinski definition) is 7. The quantitative estimate of drug-likeness (QED) is 0.0887. The van der Waals surface area contributed by atoms with E-state index in [4.69, 9.17) is 0 Å². The second kappa shape index (κ2) is 46.9. The Morgan fingerprint density at radius 2 is 0.497 bits per heavy atom. The Balaban J connectivity index is 0.000000142. The first-order valence-corrected chi connectivity index (χ1v) is 53.4. The Hall–Kier alpha value is -12.6. The van der Waals surface area contributed by atoms with Crippen LogP contribution in [-0.2, 0) is 123 Å². The summed E-state index contributed by atoms with van der Waals surface area (Å²) in [6, 6.07) is 65.9. The van der Waals surface area contributed by atoms with Gasteiger partial charge >= 0.3 is 0 Å². The fourth-order valence-electron chi connectivity index (χ4n) is 19.7. The summed E-state index contributed by atoms with van der Waals surface area (Å²) in [5.41, 5.74) is 35.9. The van der Waals surface area contributed by atoms with Gasteiger partial charge in [-0.3, -0.25) is 33.6 Å². The van der Waals surface area contributed by atoms with Crippen LogP contribution in [-0.4, -0.2) is 108 Å². The SMILES string of the molecule is CC(C)(C)c1ccc2c(c1)C=C(C(=O)N1CCCC1)C2.CC(C)(C)c1ccc2c(c1)C=C(C(=O)N1CCCCC1)C2.CC(C)(C)c1ccc2c(c1)C=C(C(=O)N1CCCCC1)C2.CC(C)(C)c1ccc2c(c1)C=C(C(=O)NCc1ccccc1)C2.CC(C)(C)c1ccc2c(c1)C=C(C(=O)Nc1ccccc1)C2.CC(C)NC(=O)C1=Cc2cc(C(C)(C)C)ccc2C1.CCCNC(=O)C1=Cc2cc(C(C)(C)C)ccc2C1. The van der Waals surface area contributed by atoms with E-state index < -0.39 is 0 Å². The highest BCUT2D eigenvalue weighted by atomic mass is 16.2. The first kappa shape index (κ1) is 110. The van der Waals surface area contributed by atoms with Gasteiger partial charge in [-0.2, -0.15) is 0 Å². The summed E-state index contributed by atoms with van der Waals surface area (Å²) in [7, 11) is 0. The number of para-hydroxylation sites is 1. The van der Waals surface area contributed by atoms with E-state index in [0.717, 1.165) is 180 Å². The zero-order valence-corrected chi connectivity index (χ0v) is 91.7. The Kier molecular flexibility index (Phi) is 35.5. The van der Waals surface area contributed by atoms with Gasteiger partial charge in [0.15, 0.2) is 0 Å². The van der Waals surface area contributed by atoms with Crippen LogP contribution in [0.4, 0.5) is 5.69 Å². The number of nitrogens with one attached hydrogen (secondary N) is 4. The van der Waals surface area contributed by atoms with Crippen molar-refractivity contribution in [3.05, 3.63) is 349 Å². The molecule has 0 atom stereocenters. The first-order chi connectivity index (χ1) is 68.4. The second-order valence-electron chi connectivity index (χ2n) is 48.6. The molecule has 3 aliphatic heterocycles. The third-order valence-electron chi connectivity index (χ3n) is 29.0. The predicted octanol–water partition coefficient (Wildman–Crippen LogP) is 27.1. The molecule has 0 spiro atoms. The highest BCUT2D eigenvalue weighted by Gasteiger charge is 2.33. The molecule has 764 valence electrons. The maximum Gasteiger partial charge on any atom is 0.251 e. The van der Waals surface area contributed by atoms with Crippen LogP contribution in [0.15, 0.2) is 227 Å². The zero-order chi connectivity index (χ0) is 105. The molecule has 3 heterocycles. The van der Waals surface area contributed by atoms with Crippen molar-refractivity contribution in [2.24, 2.45) is 0 Å². The molecule has 7 amide bonds. The minimum absolute atomic E-state index is 0.0142. The summed E-state index contributed by atoms with van der Waals surface area (Å²) in [6.45, 7) is 59.5. The van der Waals surface area contributed by atoms with E-state index in [1.165, 1.54) is 130 Å². The topological polar surface area (TPSA) is 177 Å². The average molecular weight is 1950 g/mol. The van der Waals surface area contributed by atoms with Gasteiger partial charge in [0.25, 0.3) is 5.91 Å². The van der Waals surface area contributed by atoms with Gasteiger partial charge in [0.05, 0.1) is 0 Å². The normalized spacial score (nSPS) is 15.7. The van der Waals surface area contributed by atoms with Gasteiger partial charge in [0.1, 0.15) is 0 Å². The van der Waals surface area contributed by atoms with E-state index in [2.05, 4.69) is 319 Å². The third-order valence-corrected chi connectivity index (χ3v) is 29.0. The van der Waals surface area contributed by atoms with Crippen LogP contribution < -0.4 is 21.3 Å². The van der Waals surface area contributed by atoms with E-state index >= 15 is 0 Å². The van der Waals surface area contributed by atoms with Crippen LogP contribution in [0.5, 0.6) is 0 Å². The van der Waals surface area contributed by atoms with Crippen LogP contribution in [0, 0.1) is 0 Å². The van der Waals surface area contributed by atoms with Crippen molar-refractivity contribution in [2.75, 3.05) is 51.1 Å². The number of hydrogen-bond donors (Lipinski definition) is 4. The molecule has 10 aliphatic rings. The number of rotatable bonds is 13. The molecular formula is C131H163N7O7. The molecule has 0 radical (unpaired) electrons. The molecule has 19 rings (SSSR count). The van der Waals surface area contributed by atoms with Gasteiger partial charge in [-0.15, -0.1) is 0 Å². The van der Waals surface area contributed by atoms with Crippen molar-refractivity contribution >= 4 is 89.6 Å². The maximum absolute atomic E-state index is 12.6. The molecule has 0 saturated carbocycles. The number of carbonyl (C=O) groups excluding carboxylic acids is 7. The fraction of sp³-hybridized carbons (Fsp3) is 0.427. The van der Waals surface area contributed by atoms with E-state index in [1.807, 2.05) is 114 Å². The van der Waals surface area contributed by atoms with Crippen molar-refractivity contribution in [1.29, 1.82) is 0 Å². The second-order valence-corrected chi connectivity index (χ2v) is 48.6. The lowest BCUT2D eigenvalue weighted by atomic mass is 9.85. The van der Waals surface area contributed by atoms with E-state index in [0.29, 0.717) is 13.0 Å². The van der Waals surface area contributed by atoms with Crippen molar-refractivity contribution < 1.29 is 33.6 Å². The third kappa shape index (κ3) is 29.7. The molecule has 145 heavy (non-hydrogen) atoms. The molecule has 9 aromatic rings. The number of amides is 7. The van der Waals surface area contributed by atoms with Crippen LogP contribution in [0.25, 0.3) is 42.5 Å². The first-order valence-electron chi connectivity index (χ1n) is 53.4. The number of piperidine rings is 2. The number of anilines is 1. The molecule has 14 heteroatoms. The smallest absolute Gasteiger partial charge is 0.251 e. The minimum Gasteiger partial charge on any atom is -0.352 e. The zero-order valence-electron chi connectivity index (χ0n) is 91.7. The standard InChI is InChI=1S/C21H23NO.C20H21NO.2C19H25NO.C18H23NO.2C17H23NO/c1-21(2,3)19-10-9-16-11-18(12-17(16)13-19)20(23)22-14-15-7-5-4-6-8-15;1-20(2,3)17-10-9-14-11-16(12-15(14)13-17)19(22)21-18-7-5-4-6-8-18;2*1-19(2,3)17-8-7-14-11-16(12-15(14)13-17)18(21)20-9-5-4-6-10-20;1-18(2,3)16-7-6-13-10-15(11-14(13)12-16)17(20)19-8-4-5-9-19;1-11(2)18-16(19)14-8-12-6-7-15(17(3,4)5)10-13(12)9-14;1-5-8-18-16(19)14-9-12-6-7-15(17(2,3)4)11-13(12)10-14/h4-10,12-13H,11,14H2,1-3H3,(H,22,23);4-10,12-13H,11H2,1-3H3,(H,21,22);2*7-8,12-13H,4-6,9-11H2,1-3H3;6-7,11-12H,4-5,8-10H2,1-3H3;6-7,9-11H,8H2,1-5H3,(H,18,19);6-7,10-11H,5,8-9H2,1-4H3,(H,18,19). The van der Waals surface area contributed by atoms with Gasteiger partial charge < -0.3 is 36.0 Å². The van der Waals surface area contributed by atoms with Gasteiger partial charge in [-0.1, -0.05) is 328 Å². The van der Waals surface area contributed by atoms with Gasteiger partial charge in [0.2, 0.25) is 35.4 Å². The Morgan fingerprint density at radius 1 is 0.269 bits per heavy atom. The van der Waals surface area contributed by atoms with Gasteiger partial charge in [0, 0.05) is 148 Å². The van der Waals surface area contributed by atoms with Crippen molar-refractivity contribution in [3.63, 3.8) is 0 Å². The number of benzene rings is 9. The Bertz CT molecular complexity index is 6360. The van der Waals surface area contributed by atoms with Gasteiger partial charge in [-0.05, 0) is 287 Å². The van der Waals surface area contributed by atoms with Crippen LogP contribution in [0.2, 0.25) is 0 Å². The van der Waals surface area contributed by atoms with Crippen molar-refractivity contribution in [1.82, 2.24) is 30.7 Å². The molecule has 0 unspecified atom stereocenters. The lowest BCUT2D eigenvalue weighted by Crippen LogP contribution is -2.36.